The Bertz CT molecular complexity index is 968. The summed E-state index contributed by atoms with van der Waals surface area (Å²) >= 11 is 0. The minimum atomic E-state index is -1.35. The predicted octanol–water partition coefficient (Wildman–Crippen LogP) is 4.38. The molecule has 2 unspecified atom stereocenters. The predicted molar refractivity (Wildman–Crippen MR) is 118 cm³/mol. The van der Waals surface area contributed by atoms with Crippen molar-refractivity contribution < 1.29 is 23.8 Å². The van der Waals surface area contributed by atoms with Gasteiger partial charge in [-0.2, -0.15) is 0 Å². The number of carbonyl (C=O) groups is 2. The molecule has 2 atom stereocenters. The Hall–Kier alpha value is -3.18. The summed E-state index contributed by atoms with van der Waals surface area (Å²) < 4.78 is 16.9. The molecule has 0 amide bonds. The van der Waals surface area contributed by atoms with Crippen LogP contribution in [0.4, 0.5) is 0 Å². The molecule has 1 heterocycles. The summed E-state index contributed by atoms with van der Waals surface area (Å²) in [5.41, 5.74) is 2.51. The van der Waals surface area contributed by atoms with E-state index in [0.717, 1.165) is 22.3 Å². The molecule has 1 saturated carbocycles. The molecule has 2 aliphatic carbocycles. The minimum absolute atomic E-state index is 0.130. The molecule has 32 heavy (non-hydrogen) atoms. The van der Waals surface area contributed by atoms with Crippen molar-refractivity contribution in [2.24, 2.45) is 17.3 Å². The topological polar surface area (TPSA) is 61.8 Å². The SMILES string of the molecule is O=C(OCc1ccccc1)C1(C(=O)OCc2ccccc2)CC2=CC3COCC3C=C2C1. The van der Waals surface area contributed by atoms with Gasteiger partial charge in [0.15, 0.2) is 5.41 Å². The van der Waals surface area contributed by atoms with Gasteiger partial charge in [-0.3, -0.25) is 9.59 Å². The molecule has 1 saturated heterocycles. The van der Waals surface area contributed by atoms with Crippen molar-refractivity contribution >= 4 is 11.9 Å². The number of hydrogen-bond donors (Lipinski definition) is 0. The van der Waals surface area contributed by atoms with E-state index < -0.39 is 17.4 Å². The van der Waals surface area contributed by atoms with Gasteiger partial charge in [-0.25, -0.2) is 0 Å². The molecule has 0 spiro atoms. The van der Waals surface area contributed by atoms with Crippen LogP contribution in [0.5, 0.6) is 0 Å². The summed E-state index contributed by atoms with van der Waals surface area (Å²) in [6.07, 6.45) is 4.99. The van der Waals surface area contributed by atoms with E-state index >= 15 is 0 Å². The summed E-state index contributed by atoms with van der Waals surface area (Å²) in [5, 5.41) is 0. The zero-order chi connectivity index (χ0) is 22.0. The van der Waals surface area contributed by atoms with Crippen LogP contribution in [0.3, 0.4) is 0 Å². The second kappa shape index (κ2) is 8.75. The highest BCUT2D eigenvalue weighted by molar-refractivity contribution is 6.02. The van der Waals surface area contributed by atoms with Crippen LogP contribution in [0, 0.1) is 17.3 Å². The van der Waals surface area contributed by atoms with Crippen molar-refractivity contribution in [3.05, 3.63) is 95.1 Å². The maximum atomic E-state index is 13.4. The molecule has 5 rings (SSSR count). The smallest absolute Gasteiger partial charge is 0.324 e. The maximum Gasteiger partial charge on any atom is 0.324 e. The number of benzene rings is 2. The van der Waals surface area contributed by atoms with Gasteiger partial charge in [0, 0.05) is 11.8 Å². The first-order valence-electron chi connectivity index (χ1n) is 11.1. The van der Waals surface area contributed by atoms with Crippen molar-refractivity contribution in [2.75, 3.05) is 13.2 Å². The van der Waals surface area contributed by atoms with Crippen LogP contribution >= 0.6 is 0 Å². The molecule has 164 valence electrons. The van der Waals surface area contributed by atoms with Gasteiger partial charge in [-0.05, 0) is 35.1 Å². The van der Waals surface area contributed by atoms with Crippen LogP contribution in [0.1, 0.15) is 24.0 Å². The molecule has 0 aromatic heterocycles. The van der Waals surface area contributed by atoms with Crippen LogP contribution in [0.25, 0.3) is 0 Å². The fourth-order valence-electron chi connectivity index (χ4n) is 4.81. The Morgan fingerprint density at radius 1 is 0.750 bits per heavy atom. The van der Waals surface area contributed by atoms with Gasteiger partial charge in [0.05, 0.1) is 13.2 Å². The molecule has 5 heteroatoms. The fraction of sp³-hybridized carbons (Fsp3) is 0.333. The number of carbonyl (C=O) groups excluding carboxylic acids is 2. The van der Waals surface area contributed by atoms with Gasteiger partial charge in [0.1, 0.15) is 13.2 Å². The quantitative estimate of drug-likeness (QED) is 0.503. The van der Waals surface area contributed by atoms with Gasteiger partial charge in [-0.15, -0.1) is 0 Å². The molecular formula is C27H26O5. The molecule has 2 aromatic carbocycles. The Balaban J connectivity index is 1.38. The Morgan fingerprint density at radius 2 is 1.19 bits per heavy atom. The van der Waals surface area contributed by atoms with E-state index in [0.29, 0.717) is 37.9 Å². The van der Waals surface area contributed by atoms with Crippen molar-refractivity contribution in [3.8, 4) is 0 Å². The number of ether oxygens (including phenoxy) is 3. The van der Waals surface area contributed by atoms with Crippen molar-refractivity contribution in [1.82, 2.24) is 0 Å². The lowest BCUT2D eigenvalue weighted by Crippen LogP contribution is -2.39. The van der Waals surface area contributed by atoms with Gasteiger partial charge < -0.3 is 14.2 Å². The number of rotatable bonds is 6. The average Bonchev–Trinajstić information content (AvgIpc) is 3.45. The van der Waals surface area contributed by atoms with E-state index in [-0.39, 0.29) is 13.2 Å². The molecule has 5 nitrogen and oxygen atoms in total. The van der Waals surface area contributed by atoms with Crippen molar-refractivity contribution in [1.29, 1.82) is 0 Å². The van der Waals surface area contributed by atoms with E-state index in [9.17, 15) is 9.59 Å². The second-order valence-electron chi connectivity index (χ2n) is 8.81. The Kier molecular flexibility index (Phi) is 5.66. The molecule has 1 aliphatic heterocycles. The normalized spacial score (nSPS) is 22.9. The number of allylic oxidation sites excluding steroid dienone is 2. The number of hydrogen-bond acceptors (Lipinski definition) is 5. The monoisotopic (exact) mass is 430 g/mol. The first-order valence-corrected chi connectivity index (χ1v) is 11.1. The Labute approximate surface area is 187 Å². The van der Waals surface area contributed by atoms with Crippen LogP contribution in [0.15, 0.2) is 84.0 Å². The summed E-state index contributed by atoms with van der Waals surface area (Å²) in [6.45, 7) is 1.62. The lowest BCUT2D eigenvalue weighted by molar-refractivity contribution is -0.173. The number of esters is 2. The number of fused-ring (bicyclic) bond motifs is 2. The van der Waals surface area contributed by atoms with Crippen LogP contribution in [0.2, 0.25) is 0 Å². The van der Waals surface area contributed by atoms with Crippen LogP contribution in [-0.4, -0.2) is 25.2 Å². The van der Waals surface area contributed by atoms with Crippen LogP contribution in [-0.2, 0) is 37.0 Å². The maximum absolute atomic E-state index is 13.4. The summed E-state index contributed by atoms with van der Waals surface area (Å²) in [5.74, 6) is -0.412. The Morgan fingerprint density at radius 3 is 1.62 bits per heavy atom. The third kappa shape index (κ3) is 4.00. The van der Waals surface area contributed by atoms with Gasteiger partial charge in [-0.1, -0.05) is 72.8 Å². The highest BCUT2D eigenvalue weighted by Crippen LogP contribution is 2.50. The van der Waals surface area contributed by atoms with Gasteiger partial charge in [0.2, 0.25) is 0 Å². The van der Waals surface area contributed by atoms with Crippen molar-refractivity contribution in [3.63, 3.8) is 0 Å². The van der Waals surface area contributed by atoms with E-state index in [2.05, 4.69) is 12.2 Å². The molecule has 0 radical (unpaired) electrons. The lowest BCUT2D eigenvalue weighted by atomic mass is 9.85. The first-order chi connectivity index (χ1) is 15.6. The molecule has 0 N–H and O–H groups in total. The first kappa shape index (κ1) is 20.7. The largest absolute Gasteiger partial charge is 0.460 e. The minimum Gasteiger partial charge on any atom is -0.460 e. The highest BCUT2D eigenvalue weighted by Gasteiger charge is 2.55. The van der Waals surface area contributed by atoms with Crippen molar-refractivity contribution in [2.45, 2.75) is 26.1 Å². The van der Waals surface area contributed by atoms with E-state index in [1.165, 1.54) is 0 Å². The summed E-state index contributed by atoms with van der Waals surface area (Å²) in [4.78, 5) is 26.8. The van der Waals surface area contributed by atoms with E-state index in [4.69, 9.17) is 14.2 Å². The van der Waals surface area contributed by atoms with E-state index in [1.807, 2.05) is 60.7 Å². The third-order valence-electron chi connectivity index (χ3n) is 6.60. The van der Waals surface area contributed by atoms with Gasteiger partial charge in [0.25, 0.3) is 0 Å². The molecule has 3 aliphatic rings. The molecule has 2 fully saturated rings. The highest BCUT2D eigenvalue weighted by atomic mass is 16.6. The third-order valence-corrected chi connectivity index (χ3v) is 6.60. The van der Waals surface area contributed by atoms with Crippen LogP contribution < -0.4 is 0 Å². The van der Waals surface area contributed by atoms with E-state index in [1.54, 1.807) is 0 Å². The fourth-order valence-corrected chi connectivity index (χ4v) is 4.81. The van der Waals surface area contributed by atoms with Gasteiger partial charge >= 0.3 is 11.9 Å². The second-order valence-corrected chi connectivity index (χ2v) is 8.81. The summed E-state index contributed by atoms with van der Waals surface area (Å²) in [7, 11) is 0. The zero-order valence-electron chi connectivity index (χ0n) is 17.9. The molecule has 0 bridgehead atoms. The average molecular weight is 431 g/mol. The molecular weight excluding hydrogens is 404 g/mol. The standard InChI is InChI=1S/C27H26O5/c28-25(31-15-19-7-3-1-4-8-19)27(26(29)32-16-20-9-5-2-6-10-20)13-21-11-23-17-30-18-24(23)12-22(21)14-27/h1-12,23-24H,13-18H2. The lowest BCUT2D eigenvalue weighted by Gasteiger charge is -2.24. The summed E-state index contributed by atoms with van der Waals surface area (Å²) in [6, 6.07) is 19.0. The zero-order valence-corrected chi connectivity index (χ0v) is 17.9. The molecule has 2 aromatic rings.